The third-order valence-electron chi connectivity index (χ3n) is 5.53. The molecule has 0 radical (unpaired) electrons. The van der Waals surface area contributed by atoms with Gasteiger partial charge in [0.25, 0.3) is 0 Å². The minimum absolute atomic E-state index is 0.0918. The fourth-order valence-corrected chi connectivity index (χ4v) is 3.97. The quantitative estimate of drug-likeness (QED) is 0.631. The number of rotatable bonds is 9. The molecule has 0 unspecified atom stereocenters. The number of aliphatic hydroxyl groups excluding tert-OH is 1. The van der Waals surface area contributed by atoms with Gasteiger partial charge in [0, 0.05) is 18.2 Å². The highest BCUT2D eigenvalue weighted by Crippen LogP contribution is 2.46. The molecule has 0 saturated heterocycles. The molecule has 2 aliphatic rings. The summed E-state index contributed by atoms with van der Waals surface area (Å²) in [5.41, 5.74) is 2.23. The molecule has 0 bridgehead atoms. The molecule has 2 aromatic carbocycles. The first-order valence-corrected chi connectivity index (χ1v) is 10.3. The monoisotopic (exact) mass is 383 g/mol. The van der Waals surface area contributed by atoms with Gasteiger partial charge in [0.15, 0.2) is 11.5 Å². The van der Waals surface area contributed by atoms with E-state index in [1.165, 1.54) is 18.4 Å². The first-order chi connectivity index (χ1) is 13.8. The first-order valence-electron chi connectivity index (χ1n) is 10.3. The lowest BCUT2D eigenvalue weighted by Crippen LogP contribution is -2.39. The second kappa shape index (κ2) is 8.84. The molecular weight excluding hydrogens is 354 g/mol. The van der Waals surface area contributed by atoms with Crippen LogP contribution < -0.4 is 19.5 Å². The van der Waals surface area contributed by atoms with Gasteiger partial charge in [0.1, 0.15) is 11.9 Å². The van der Waals surface area contributed by atoms with Crippen LogP contribution in [-0.4, -0.2) is 24.1 Å². The zero-order valence-electron chi connectivity index (χ0n) is 16.4. The molecule has 2 aliphatic heterocycles. The minimum Gasteiger partial charge on any atom is -0.485 e. The molecule has 4 rings (SSSR count). The first kappa shape index (κ1) is 19.1. The lowest BCUT2D eigenvalue weighted by molar-refractivity contribution is 0.0222. The normalized spacial score (nSPS) is 20.6. The van der Waals surface area contributed by atoms with Crippen LogP contribution >= 0.6 is 0 Å². The fourth-order valence-electron chi connectivity index (χ4n) is 3.97. The number of hydrogen-bond acceptors (Lipinski definition) is 5. The second-order valence-electron chi connectivity index (χ2n) is 7.59. The third kappa shape index (κ3) is 4.10. The SMILES string of the molecule is CCCCCC[C@@H](O)[C@H]1Oc2cc3c(cc2[C@@H]1NCc1ccccc1)OCO3. The Morgan fingerprint density at radius 3 is 2.61 bits per heavy atom. The standard InChI is InChI=1S/C23H29NO4/c1-2-3-4-8-11-18(25)23-22(24-14-16-9-6-5-7-10-16)17-12-20-21(27-15-26-20)13-19(17)28-23/h5-7,9-10,12-13,18,22-25H,2-4,8,11,14-15H2,1H3/t18-,22+,23-/m1/s1. The summed E-state index contributed by atoms with van der Waals surface area (Å²) in [5.74, 6) is 2.22. The van der Waals surface area contributed by atoms with E-state index in [0.717, 1.165) is 36.3 Å². The van der Waals surface area contributed by atoms with Crippen LogP contribution in [0, 0.1) is 0 Å². The van der Waals surface area contributed by atoms with Crippen molar-refractivity contribution in [2.75, 3.05) is 6.79 Å². The number of benzene rings is 2. The molecular formula is C23H29NO4. The molecule has 5 nitrogen and oxygen atoms in total. The van der Waals surface area contributed by atoms with Gasteiger partial charge in [-0.05, 0) is 18.1 Å². The van der Waals surface area contributed by atoms with Crippen molar-refractivity contribution in [1.82, 2.24) is 5.32 Å². The summed E-state index contributed by atoms with van der Waals surface area (Å²) in [4.78, 5) is 0. The van der Waals surface area contributed by atoms with Crippen molar-refractivity contribution in [2.45, 2.75) is 63.8 Å². The van der Waals surface area contributed by atoms with E-state index >= 15 is 0 Å². The highest BCUT2D eigenvalue weighted by molar-refractivity contribution is 5.55. The zero-order valence-corrected chi connectivity index (χ0v) is 16.4. The van der Waals surface area contributed by atoms with E-state index in [2.05, 4.69) is 24.4 Å². The van der Waals surface area contributed by atoms with Crippen LogP contribution in [0.5, 0.6) is 17.2 Å². The number of ether oxygens (including phenoxy) is 3. The van der Waals surface area contributed by atoms with E-state index in [1.807, 2.05) is 30.3 Å². The Bertz CT molecular complexity index is 780. The largest absolute Gasteiger partial charge is 0.485 e. The maximum Gasteiger partial charge on any atom is 0.231 e. The topological polar surface area (TPSA) is 60.0 Å². The summed E-state index contributed by atoms with van der Waals surface area (Å²) in [6, 6.07) is 14.1. The van der Waals surface area contributed by atoms with Crippen LogP contribution in [0.4, 0.5) is 0 Å². The second-order valence-corrected chi connectivity index (χ2v) is 7.59. The number of fused-ring (bicyclic) bond motifs is 2. The van der Waals surface area contributed by atoms with E-state index in [0.29, 0.717) is 12.3 Å². The van der Waals surface area contributed by atoms with E-state index in [-0.39, 0.29) is 18.9 Å². The Kier molecular flexibility index (Phi) is 6.03. The van der Waals surface area contributed by atoms with Crippen LogP contribution in [0.1, 0.15) is 56.2 Å². The highest BCUT2D eigenvalue weighted by atomic mass is 16.7. The van der Waals surface area contributed by atoms with Crippen molar-refractivity contribution in [3.05, 3.63) is 53.6 Å². The summed E-state index contributed by atoms with van der Waals surface area (Å²) in [6.07, 6.45) is 4.46. The van der Waals surface area contributed by atoms with E-state index < -0.39 is 6.10 Å². The van der Waals surface area contributed by atoms with Gasteiger partial charge in [-0.3, -0.25) is 0 Å². The van der Waals surface area contributed by atoms with E-state index in [9.17, 15) is 5.11 Å². The smallest absolute Gasteiger partial charge is 0.231 e. The molecule has 2 aromatic rings. The zero-order chi connectivity index (χ0) is 19.3. The van der Waals surface area contributed by atoms with Crippen molar-refractivity contribution >= 4 is 0 Å². The predicted molar refractivity (Wildman–Crippen MR) is 108 cm³/mol. The van der Waals surface area contributed by atoms with Gasteiger partial charge in [-0.1, -0.05) is 62.9 Å². The van der Waals surface area contributed by atoms with Gasteiger partial charge in [-0.2, -0.15) is 0 Å². The van der Waals surface area contributed by atoms with E-state index in [1.54, 1.807) is 0 Å². The number of nitrogens with one attached hydrogen (secondary N) is 1. The molecule has 0 aliphatic carbocycles. The van der Waals surface area contributed by atoms with Crippen LogP contribution in [0.15, 0.2) is 42.5 Å². The van der Waals surface area contributed by atoms with Crippen molar-refractivity contribution in [2.24, 2.45) is 0 Å². The van der Waals surface area contributed by atoms with Gasteiger partial charge in [-0.25, -0.2) is 0 Å². The highest BCUT2D eigenvalue weighted by Gasteiger charge is 2.40. The molecule has 5 heteroatoms. The number of unbranched alkanes of at least 4 members (excludes halogenated alkanes) is 3. The Hall–Kier alpha value is -2.24. The van der Waals surface area contributed by atoms with Crippen LogP contribution in [-0.2, 0) is 6.54 Å². The average molecular weight is 383 g/mol. The Morgan fingerprint density at radius 2 is 1.82 bits per heavy atom. The van der Waals surface area contributed by atoms with Crippen LogP contribution in [0.3, 0.4) is 0 Å². The third-order valence-corrected chi connectivity index (χ3v) is 5.53. The predicted octanol–water partition coefficient (Wildman–Crippen LogP) is 4.34. The maximum absolute atomic E-state index is 10.9. The molecule has 0 saturated carbocycles. The van der Waals surface area contributed by atoms with Gasteiger partial charge < -0.3 is 24.6 Å². The lowest BCUT2D eigenvalue weighted by Gasteiger charge is -2.25. The molecule has 2 N–H and O–H groups in total. The van der Waals surface area contributed by atoms with E-state index in [4.69, 9.17) is 14.2 Å². The van der Waals surface area contributed by atoms with Crippen molar-refractivity contribution in [3.63, 3.8) is 0 Å². The fraction of sp³-hybridized carbons (Fsp3) is 0.478. The van der Waals surface area contributed by atoms with Crippen LogP contribution in [0.25, 0.3) is 0 Å². The Morgan fingerprint density at radius 1 is 1.04 bits per heavy atom. The number of aliphatic hydroxyl groups is 1. The molecule has 0 fully saturated rings. The molecule has 2 heterocycles. The summed E-state index contributed by atoms with van der Waals surface area (Å²) in [7, 11) is 0. The maximum atomic E-state index is 10.9. The molecule has 3 atom stereocenters. The summed E-state index contributed by atoms with van der Waals surface area (Å²) in [5, 5.41) is 14.5. The Balaban J connectivity index is 1.51. The molecule has 28 heavy (non-hydrogen) atoms. The summed E-state index contributed by atoms with van der Waals surface area (Å²) < 4.78 is 17.2. The Labute approximate surface area is 166 Å². The van der Waals surface area contributed by atoms with Gasteiger partial charge >= 0.3 is 0 Å². The lowest BCUT2D eigenvalue weighted by atomic mass is 9.96. The average Bonchev–Trinajstić information content (AvgIpc) is 3.32. The van der Waals surface area contributed by atoms with Gasteiger partial charge in [0.05, 0.1) is 12.1 Å². The van der Waals surface area contributed by atoms with Gasteiger partial charge in [0.2, 0.25) is 6.79 Å². The molecule has 0 amide bonds. The summed E-state index contributed by atoms with van der Waals surface area (Å²) >= 11 is 0. The number of hydrogen-bond donors (Lipinski definition) is 2. The molecule has 150 valence electrons. The van der Waals surface area contributed by atoms with Gasteiger partial charge in [-0.15, -0.1) is 0 Å². The molecule has 0 aromatic heterocycles. The van der Waals surface area contributed by atoms with Crippen molar-refractivity contribution in [3.8, 4) is 17.2 Å². The van der Waals surface area contributed by atoms with Crippen molar-refractivity contribution in [1.29, 1.82) is 0 Å². The summed E-state index contributed by atoms with van der Waals surface area (Å²) in [6.45, 7) is 3.14. The van der Waals surface area contributed by atoms with Crippen LogP contribution in [0.2, 0.25) is 0 Å². The van der Waals surface area contributed by atoms with Crippen molar-refractivity contribution < 1.29 is 19.3 Å². The minimum atomic E-state index is -0.519. The molecule has 0 spiro atoms.